The summed E-state index contributed by atoms with van der Waals surface area (Å²) in [5, 5.41) is 0. The molecule has 4 aliphatic heterocycles. The standard InChI is InChI=1S/2C6H10O3.C6H10.CH4/c2*1-2-9-6-4-7-3-5(6)8-1;1-2-5-4-6(5)3-1;/h2*5-6H,1-4H2;5-6H,1-4H2;1H4. The van der Waals surface area contributed by atoms with Crippen molar-refractivity contribution in [1.29, 1.82) is 0 Å². The first-order valence-electron chi connectivity index (χ1n) is 9.52. The van der Waals surface area contributed by atoms with Crippen molar-refractivity contribution in [3.8, 4) is 0 Å². The summed E-state index contributed by atoms with van der Waals surface area (Å²) in [6, 6.07) is 0. The highest BCUT2D eigenvalue weighted by molar-refractivity contribution is 4.91. The zero-order valence-electron chi connectivity index (χ0n) is 14.4. The van der Waals surface area contributed by atoms with Crippen molar-refractivity contribution in [2.24, 2.45) is 11.8 Å². The molecule has 6 nitrogen and oxygen atoms in total. The van der Waals surface area contributed by atoms with Gasteiger partial charge in [-0.1, -0.05) is 26.7 Å². The van der Waals surface area contributed by atoms with Crippen LogP contribution in [0.2, 0.25) is 0 Å². The zero-order valence-corrected chi connectivity index (χ0v) is 14.4. The molecular weight excluding hydrogens is 324 g/mol. The average Bonchev–Trinajstić information content (AvgIpc) is 3.11. The Bertz CT molecular complexity index is 334. The summed E-state index contributed by atoms with van der Waals surface area (Å²) < 4.78 is 31.7. The Morgan fingerprint density at radius 2 is 0.880 bits per heavy atom. The van der Waals surface area contributed by atoms with Gasteiger partial charge in [-0.3, -0.25) is 0 Å². The van der Waals surface area contributed by atoms with Gasteiger partial charge in [-0.25, -0.2) is 0 Å². The summed E-state index contributed by atoms with van der Waals surface area (Å²) in [6.07, 6.45) is 7.12. The number of hydrogen-bond acceptors (Lipinski definition) is 6. The van der Waals surface area contributed by atoms with Crippen LogP contribution in [0, 0.1) is 11.8 Å². The molecular formula is C19H34O6. The number of rotatable bonds is 0. The highest BCUT2D eigenvalue weighted by Crippen LogP contribution is 2.51. The van der Waals surface area contributed by atoms with Gasteiger partial charge in [0.1, 0.15) is 24.4 Å². The quantitative estimate of drug-likeness (QED) is 0.661. The predicted molar refractivity (Wildman–Crippen MR) is 92.8 cm³/mol. The summed E-state index contributed by atoms with van der Waals surface area (Å²) >= 11 is 0. The van der Waals surface area contributed by atoms with E-state index in [9.17, 15) is 0 Å². The van der Waals surface area contributed by atoms with E-state index in [0.29, 0.717) is 26.4 Å². The Kier molecular flexibility index (Phi) is 7.51. The topological polar surface area (TPSA) is 55.4 Å². The first-order valence-corrected chi connectivity index (χ1v) is 9.52. The van der Waals surface area contributed by atoms with E-state index in [1.165, 1.54) is 18.3 Å². The highest BCUT2D eigenvalue weighted by Gasteiger charge is 2.40. The molecule has 6 unspecified atom stereocenters. The van der Waals surface area contributed by atoms with Crippen molar-refractivity contribution in [2.45, 2.75) is 57.5 Å². The molecule has 4 saturated heterocycles. The van der Waals surface area contributed by atoms with Gasteiger partial charge < -0.3 is 28.4 Å². The Hall–Kier alpha value is -0.240. The SMILES string of the molecule is C.C1CC2CC2C1.C1COC2COCC2O1.C1COC2COCC2O1. The molecule has 146 valence electrons. The molecule has 6 rings (SSSR count). The lowest BCUT2D eigenvalue weighted by atomic mass is 10.2. The van der Waals surface area contributed by atoms with Gasteiger partial charge in [0, 0.05) is 0 Å². The maximum absolute atomic E-state index is 5.35. The van der Waals surface area contributed by atoms with Crippen LogP contribution in [0.4, 0.5) is 0 Å². The minimum atomic E-state index is 0. The lowest BCUT2D eigenvalue weighted by molar-refractivity contribution is -0.116. The van der Waals surface area contributed by atoms with Crippen LogP contribution < -0.4 is 0 Å². The van der Waals surface area contributed by atoms with Crippen LogP contribution in [0.3, 0.4) is 0 Å². The van der Waals surface area contributed by atoms with E-state index in [1.807, 2.05) is 0 Å². The minimum absolute atomic E-state index is 0. The minimum Gasteiger partial charge on any atom is -0.376 e. The van der Waals surface area contributed by atoms with E-state index in [-0.39, 0.29) is 31.8 Å². The van der Waals surface area contributed by atoms with E-state index in [0.717, 1.165) is 26.4 Å². The summed E-state index contributed by atoms with van der Waals surface area (Å²) in [6.45, 7) is 5.76. The van der Waals surface area contributed by atoms with E-state index in [1.54, 1.807) is 19.3 Å². The van der Waals surface area contributed by atoms with Crippen molar-refractivity contribution in [3.05, 3.63) is 0 Å². The van der Waals surface area contributed by atoms with E-state index >= 15 is 0 Å². The third kappa shape index (κ3) is 5.37. The van der Waals surface area contributed by atoms with Crippen LogP contribution in [0.15, 0.2) is 0 Å². The molecule has 0 aromatic carbocycles. The molecule has 0 radical (unpaired) electrons. The molecule has 0 N–H and O–H groups in total. The van der Waals surface area contributed by atoms with Gasteiger partial charge in [-0.05, 0) is 18.3 Å². The van der Waals surface area contributed by atoms with E-state index < -0.39 is 0 Å². The molecule has 2 aliphatic carbocycles. The number of ether oxygens (including phenoxy) is 6. The maximum Gasteiger partial charge on any atom is 0.109 e. The lowest BCUT2D eigenvalue weighted by Crippen LogP contribution is -2.36. The molecule has 0 amide bonds. The van der Waals surface area contributed by atoms with Crippen LogP contribution in [0.5, 0.6) is 0 Å². The van der Waals surface area contributed by atoms with Gasteiger partial charge in [0.15, 0.2) is 0 Å². The van der Waals surface area contributed by atoms with Gasteiger partial charge in [-0.2, -0.15) is 0 Å². The van der Waals surface area contributed by atoms with Crippen LogP contribution in [-0.2, 0) is 28.4 Å². The van der Waals surface area contributed by atoms with Gasteiger partial charge >= 0.3 is 0 Å². The van der Waals surface area contributed by atoms with Gasteiger partial charge in [0.2, 0.25) is 0 Å². The lowest BCUT2D eigenvalue weighted by Gasteiger charge is -2.23. The Morgan fingerprint density at radius 1 is 0.520 bits per heavy atom. The average molecular weight is 358 g/mol. The second-order valence-electron chi connectivity index (χ2n) is 7.40. The predicted octanol–water partition coefficient (Wildman–Crippen LogP) is 2.04. The zero-order chi connectivity index (χ0) is 16.2. The third-order valence-electron chi connectivity index (χ3n) is 5.67. The fourth-order valence-corrected chi connectivity index (χ4v) is 4.11. The molecule has 0 bridgehead atoms. The highest BCUT2D eigenvalue weighted by atomic mass is 16.6. The second-order valence-corrected chi connectivity index (χ2v) is 7.40. The van der Waals surface area contributed by atoms with Crippen molar-refractivity contribution in [1.82, 2.24) is 0 Å². The Morgan fingerprint density at radius 3 is 1.12 bits per heavy atom. The molecule has 6 heteroatoms. The van der Waals surface area contributed by atoms with Crippen molar-refractivity contribution in [2.75, 3.05) is 52.9 Å². The fourth-order valence-electron chi connectivity index (χ4n) is 4.11. The van der Waals surface area contributed by atoms with E-state index in [4.69, 9.17) is 28.4 Å². The van der Waals surface area contributed by atoms with Crippen LogP contribution >= 0.6 is 0 Å². The smallest absolute Gasteiger partial charge is 0.109 e. The molecule has 4 heterocycles. The van der Waals surface area contributed by atoms with Gasteiger partial charge in [0.05, 0.1) is 52.9 Å². The first-order chi connectivity index (χ1) is 11.9. The largest absolute Gasteiger partial charge is 0.376 e. The van der Waals surface area contributed by atoms with Crippen molar-refractivity contribution < 1.29 is 28.4 Å². The monoisotopic (exact) mass is 358 g/mol. The fraction of sp³-hybridized carbons (Fsp3) is 1.00. The molecule has 0 aromatic rings. The van der Waals surface area contributed by atoms with Crippen LogP contribution in [-0.4, -0.2) is 77.3 Å². The Labute approximate surface area is 151 Å². The van der Waals surface area contributed by atoms with Crippen LogP contribution in [0.1, 0.15) is 33.1 Å². The summed E-state index contributed by atoms with van der Waals surface area (Å²) in [5.41, 5.74) is 0. The first kappa shape index (κ1) is 19.5. The summed E-state index contributed by atoms with van der Waals surface area (Å²) in [4.78, 5) is 0. The van der Waals surface area contributed by atoms with E-state index in [2.05, 4.69) is 0 Å². The summed E-state index contributed by atoms with van der Waals surface area (Å²) in [7, 11) is 0. The second kappa shape index (κ2) is 9.62. The van der Waals surface area contributed by atoms with Gasteiger partial charge in [0.25, 0.3) is 0 Å². The number of hydrogen-bond donors (Lipinski definition) is 0. The molecule has 6 fully saturated rings. The van der Waals surface area contributed by atoms with Crippen LogP contribution in [0.25, 0.3) is 0 Å². The molecule has 6 aliphatic rings. The molecule has 6 atom stereocenters. The molecule has 25 heavy (non-hydrogen) atoms. The maximum atomic E-state index is 5.35. The molecule has 2 saturated carbocycles. The normalized spacial score (nSPS) is 43.2. The molecule has 0 aromatic heterocycles. The Balaban J connectivity index is 0.000000109. The van der Waals surface area contributed by atoms with Gasteiger partial charge in [-0.15, -0.1) is 0 Å². The van der Waals surface area contributed by atoms with Crippen molar-refractivity contribution >= 4 is 0 Å². The number of fused-ring (bicyclic) bond motifs is 3. The third-order valence-corrected chi connectivity index (χ3v) is 5.67. The van der Waals surface area contributed by atoms with Crippen molar-refractivity contribution in [3.63, 3.8) is 0 Å². The molecule has 0 spiro atoms. The summed E-state index contributed by atoms with van der Waals surface area (Å²) in [5.74, 6) is 2.43.